The third-order valence-corrected chi connectivity index (χ3v) is 6.76. The van der Waals surface area contributed by atoms with Gasteiger partial charge in [0.1, 0.15) is 0 Å². The summed E-state index contributed by atoms with van der Waals surface area (Å²) in [6.07, 6.45) is 0. The zero-order valence-electron chi connectivity index (χ0n) is 10.2. The van der Waals surface area contributed by atoms with Crippen LogP contribution in [0.2, 0.25) is 19.6 Å². The minimum Gasteiger partial charge on any atom is -0.331 e. The molecule has 0 atom stereocenters. The van der Waals surface area contributed by atoms with E-state index in [0.29, 0.717) is 13.2 Å². The van der Waals surface area contributed by atoms with Crippen molar-refractivity contribution in [1.82, 2.24) is 0 Å². The average Bonchev–Trinajstić information content (AvgIpc) is 1.82. The third kappa shape index (κ3) is 8.29. The summed E-state index contributed by atoms with van der Waals surface area (Å²) in [4.78, 5) is 0. The van der Waals surface area contributed by atoms with Crippen LogP contribution in [0, 0.1) is 5.79 Å². The van der Waals surface area contributed by atoms with Crippen molar-refractivity contribution in [3.8, 4) is 0 Å². The molecule has 0 aliphatic carbocycles. The van der Waals surface area contributed by atoms with Crippen LogP contribution in [0.15, 0.2) is 0 Å². The van der Waals surface area contributed by atoms with E-state index in [4.69, 9.17) is 9.05 Å². The number of rotatable bonds is 6. The molecule has 80 valence electrons. The van der Waals surface area contributed by atoms with E-state index in [-0.39, 0.29) is 18.9 Å². The molecule has 0 saturated carbocycles. The predicted octanol–water partition coefficient (Wildman–Crippen LogP) is 0.296. The van der Waals surface area contributed by atoms with Crippen LogP contribution in [-0.2, 0) is 13.6 Å². The summed E-state index contributed by atoms with van der Waals surface area (Å²) in [5.74, 6) is 1.80. The smallest absolute Gasteiger partial charge is 0.331 e. The quantitative estimate of drug-likeness (QED) is 0.374. The van der Waals surface area contributed by atoms with Crippen LogP contribution in [-0.4, -0.2) is 21.3 Å². The van der Waals surface area contributed by atoms with Crippen LogP contribution >= 0.6 is 7.60 Å². The summed E-state index contributed by atoms with van der Waals surface area (Å²) in [5, 5.41) is 0. The maximum Gasteiger partial charge on any atom is 1.00 e. The van der Waals surface area contributed by atoms with E-state index >= 15 is 0 Å². The summed E-state index contributed by atoms with van der Waals surface area (Å²) < 4.78 is 22.3. The van der Waals surface area contributed by atoms with E-state index in [9.17, 15) is 4.57 Å². The van der Waals surface area contributed by atoms with Gasteiger partial charge in [0, 0.05) is 0 Å². The minimum absolute atomic E-state index is 0. The Hall–Kier alpha value is 0.964. The van der Waals surface area contributed by atoms with Crippen LogP contribution in [0.1, 0.15) is 13.8 Å². The second kappa shape index (κ2) is 7.27. The van der Waals surface area contributed by atoms with Crippen LogP contribution in [0.25, 0.3) is 0 Å². The fourth-order valence-electron chi connectivity index (χ4n) is 0.946. The van der Waals surface area contributed by atoms with Crippen LogP contribution in [0.4, 0.5) is 0 Å². The van der Waals surface area contributed by atoms with Gasteiger partial charge in [0.25, 0.3) is 0 Å². The normalized spacial score (nSPS) is 12.4. The second-order valence-corrected chi connectivity index (χ2v) is 11.2. The molecule has 14 heavy (non-hydrogen) atoms. The molecular weight excluding hydrogens is 210 g/mol. The topological polar surface area (TPSA) is 35.5 Å². The molecule has 0 N–H and O–H groups in total. The van der Waals surface area contributed by atoms with Gasteiger partial charge >= 0.3 is 18.9 Å². The third-order valence-electron chi connectivity index (χ3n) is 1.16. The van der Waals surface area contributed by atoms with Gasteiger partial charge in [0.15, 0.2) is 7.60 Å². The molecule has 0 aromatic carbocycles. The van der Waals surface area contributed by atoms with Gasteiger partial charge in [-0.25, -0.2) is 5.79 Å². The van der Waals surface area contributed by atoms with Gasteiger partial charge in [-0.2, -0.15) is 0 Å². The van der Waals surface area contributed by atoms with E-state index in [1.807, 2.05) is 13.8 Å². The van der Waals surface area contributed by atoms with E-state index in [1.165, 1.54) is 0 Å². The monoisotopic (exact) mass is 230 g/mol. The molecule has 6 heteroatoms. The summed E-state index contributed by atoms with van der Waals surface area (Å²) in [7, 11) is -4.41. The van der Waals surface area contributed by atoms with Gasteiger partial charge in [-0.1, -0.05) is 27.7 Å². The fraction of sp³-hybridized carbons (Fsp3) is 0.875. The van der Waals surface area contributed by atoms with Gasteiger partial charge in [-0.15, -0.1) is 0 Å². The molecule has 3 nitrogen and oxygen atoms in total. The minimum atomic E-state index is -2.90. The Morgan fingerprint density at radius 2 is 1.50 bits per heavy atom. The van der Waals surface area contributed by atoms with Gasteiger partial charge in [-0.3, -0.25) is 4.57 Å². The Labute approximate surface area is 101 Å². The molecule has 0 amide bonds. The maximum absolute atomic E-state index is 12.0. The van der Waals surface area contributed by atoms with Crippen molar-refractivity contribution in [2.75, 3.05) is 13.2 Å². The Morgan fingerprint density at radius 3 is 1.71 bits per heavy atom. The summed E-state index contributed by atoms with van der Waals surface area (Å²) in [6.45, 7) is 10.8. The summed E-state index contributed by atoms with van der Waals surface area (Å²) >= 11 is 0. The first kappa shape index (κ1) is 17.4. The van der Waals surface area contributed by atoms with E-state index < -0.39 is 15.7 Å². The molecule has 0 aliphatic rings. The summed E-state index contributed by atoms with van der Waals surface area (Å²) in [6, 6.07) is 0. The van der Waals surface area contributed by atoms with Gasteiger partial charge in [0.2, 0.25) is 0 Å². The van der Waals surface area contributed by atoms with Crippen molar-refractivity contribution in [3.05, 3.63) is 5.79 Å². The SMILES string of the molecule is CCOP(=O)([CH-][Si](C)(C)C)OCC.[Li+]. The Bertz CT molecular complexity index is 184. The summed E-state index contributed by atoms with van der Waals surface area (Å²) in [5.41, 5.74) is 0. The van der Waals surface area contributed by atoms with E-state index in [1.54, 1.807) is 5.79 Å². The molecule has 0 saturated heterocycles. The van der Waals surface area contributed by atoms with Gasteiger partial charge < -0.3 is 9.05 Å². The molecule has 0 aromatic heterocycles. The molecule has 0 radical (unpaired) electrons. The van der Waals surface area contributed by atoms with Crippen molar-refractivity contribution in [1.29, 1.82) is 0 Å². The molecule has 0 unspecified atom stereocenters. The zero-order valence-corrected chi connectivity index (χ0v) is 12.1. The number of hydrogen-bond donors (Lipinski definition) is 0. The Morgan fingerprint density at radius 1 is 1.14 bits per heavy atom. The van der Waals surface area contributed by atoms with Gasteiger partial charge in [0.05, 0.1) is 13.2 Å². The van der Waals surface area contributed by atoms with Gasteiger partial charge in [-0.05, 0) is 13.8 Å². The Kier molecular flexibility index (Phi) is 9.02. The fourth-order valence-corrected chi connectivity index (χ4v) is 6.13. The molecular formula is C8H20LiO3PSi. The Balaban J connectivity index is 0. The predicted molar refractivity (Wildman–Crippen MR) is 58.5 cm³/mol. The molecule has 0 rings (SSSR count). The van der Waals surface area contributed by atoms with Crippen molar-refractivity contribution < 1.29 is 32.5 Å². The van der Waals surface area contributed by atoms with Crippen molar-refractivity contribution in [2.24, 2.45) is 0 Å². The first-order valence-electron chi connectivity index (χ1n) is 4.59. The van der Waals surface area contributed by atoms with Crippen LogP contribution < -0.4 is 18.9 Å². The molecule has 0 bridgehead atoms. The van der Waals surface area contributed by atoms with Crippen molar-refractivity contribution >= 4 is 15.7 Å². The molecule has 0 spiro atoms. The first-order chi connectivity index (χ1) is 5.83. The zero-order chi connectivity index (χ0) is 10.5. The second-order valence-electron chi connectivity index (χ2n) is 3.87. The van der Waals surface area contributed by atoms with Crippen LogP contribution in [0.3, 0.4) is 0 Å². The molecule has 0 aliphatic heterocycles. The molecule has 0 heterocycles. The first-order valence-corrected chi connectivity index (χ1v) is 9.78. The average molecular weight is 230 g/mol. The van der Waals surface area contributed by atoms with Crippen LogP contribution in [0.5, 0.6) is 0 Å². The largest absolute Gasteiger partial charge is 1.00 e. The van der Waals surface area contributed by atoms with Crippen molar-refractivity contribution in [3.63, 3.8) is 0 Å². The number of hydrogen-bond acceptors (Lipinski definition) is 3. The maximum atomic E-state index is 12.0. The van der Waals surface area contributed by atoms with E-state index in [0.717, 1.165) is 0 Å². The van der Waals surface area contributed by atoms with E-state index in [2.05, 4.69) is 19.6 Å². The molecule has 0 aromatic rings. The standard InChI is InChI=1S/C8H20O3PSi.Li/c1-6-10-12(9,11-7-2)8-13(3,4)5;/h8H,6-7H2,1-5H3;/q-1;+1. The molecule has 0 fully saturated rings. The van der Waals surface area contributed by atoms with Crippen molar-refractivity contribution in [2.45, 2.75) is 33.5 Å².